The Bertz CT molecular complexity index is 634. The van der Waals surface area contributed by atoms with Gasteiger partial charge < -0.3 is 10.1 Å². The van der Waals surface area contributed by atoms with Crippen LogP contribution in [0.15, 0.2) is 22.7 Å². The van der Waals surface area contributed by atoms with Crippen molar-refractivity contribution in [3.05, 3.63) is 39.9 Å². The van der Waals surface area contributed by atoms with Crippen molar-refractivity contribution in [3.8, 4) is 11.6 Å². The fourth-order valence-electron chi connectivity index (χ4n) is 1.69. The van der Waals surface area contributed by atoms with Crippen molar-refractivity contribution in [2.24, 2.45) is 0 Å². The first-order valence-corrected chi connectivity index (χ1v) is 7.02. The number of aryl methyl sites for hydroxylation is 1. The van der Waals surface area contributed by atoms with E-state index in [1.54, 1.807) is 19.2 Å². The largest absolute Gasteiger partial charge is 0.438 e. The molecule has 0 fully saturated rings. The number of anilines is 1. The molecule has 2 rings (SSSR count). The first kappa shape index (κ1) is 14.7. The number of hydrogen-bond acceptors (Lipinski definition) is 4. The van der Waals surface area contributed by atoms with Gasteiger partial charge in [-0.25, -0.2) is 9.37 Å². The number of ether oxygens (including phenoxy) is 1. The molecule has 1 aromatic heterocycles. The molecule has 106 valence electrons. The van der Waals surface area contributed by atoms with E-state index in [1.165, 1.54) is 6.07 Å². The summed E-state index contributed by atoms with van der Waals surface area (Å²) >= 11 is 3.11. The molecule has 0 saturated heterocycles. The molecule has 4 nitrogen and oxygen atoms in total. The van der Waals surface area contributed by atoms with Crippen LogP contribution in [0.1, 0.15) is 18.3 Å². The van der Waals surface area contributed by atoms with Crippen molar-refractivity contribution in [2.45, 2.75) is 20.3 Å². The van der Waals surface area contributed by atoms with Crippen molar-refractivity contribution in [2.75, 3.05) is 12.4 Å². The molecule has 1 heterocycles. The summed E-state index contributed by atoms with van der Waals surface area (Å²) < 4.78 is 19.6. The number of nitrogens with zero attached hydrogens (tertiary/aromatic N) is 2. The lowest BCUT2D eigenvalue weighted by atomic mass is 10.3. The maximum Gasteiger partial charge on any atom is 0.227 e. The molecule has 6 heteroatoms. The Morgan fingerprint density at radius 1 is 1.35 bits per heavy atom. The summed E-state index contributed by atoms with van der Waals surface area (Å²) in [5.41, 5.74) is 0.785. The van der Waals surface area contributed by atoms with E-state index in [-0.39, 0.29) is 5.82 Å². The van der Waals surface area contributed by atoms with Gasteiger partial charge in [0.05, 0.1) is 10.0 Å². The quantitative estimate of drug-likeness (QED) is 0.911. The van der Waals surface area contributed by atoms with Crippen molar-refractivity contribution < 1.29 is 9.13 Å². The normalized spacial score (nSPS) is 10.4. The fourth-order valence-corrected chi connectivity index (χ4v) is 1.94. The van der Waals surface area contributed by atoms with Gasteiger partial charge in [0.1, 0.15) is 23.2 Å². The van der Waals surface area contributed by atoms with Gasteiger partial charge in [0.25, 0.3) is 0 Å². The standard InChI is InChI=1S/C14H15BrFN3O/c1-4-12-18-13(17-3)8(2)14(19-12)20-9-5-6-10(15)11(16)7-9/h5-7H,4H2,1-3H3,(H,17,18,19). The van der Waals surface area contributed by atoms with Crippen LogP contribution in [0.25, 0.3) is 0 Å². The second-order valence-corrected chi connectivity index (χ2v) is 5.05. The van der Waals surface area contributed by atoms with Crippen LogP contribution in [0.3, 0.4) is 0 Å². The van der Waals surface area contributed by atoms with Gasteiger partial charge in [0.2, 0.25) is 5.88 Å². The molecule has 2 aromatic rings. The second kappa shape index (κ2) is 6.17. The minimum Gasteiger partial charge on any atom is -0.438 e. The van der Waals surface area contributed by atoms with Gasteiger partial charge in [0.15, 0.2) is 0 Å². The lowest BCUT2D eigenvalue weighted by molar-refractivity contribution is 0.450. The van der Waals surface area contributed by atoms with E-state index in [0.29, 0.717) is 34.2 Å². The number of halogens is 2. The van der Waals surface area contributed by atoms with Gasteiger partial charge in [-0.2, -0.15) is 4.98 Å². The third kappa shape index (κ3) is 3.07. The lowest BCUT2D eigenvalue weighted by Crippen LogP contribution is -2.04. The Morgan fingerprint density at radius 2 is 2.10 bits per heavy atom. The minimum atomic E-state index is -0.376. The highest BCUT2D eigenvalue weighted by Crippen LogP contribution is 2.29. The van der Waals surface area contributed by atoms with Crippen LogP contribution < -0.4 is 10.1 Å². The number of hydrogen-bond donors (Lipinski definition) is 1. The summed E-state index contributed by atoms with van der Waals surface area (Å²) in [6.45, 7) is 3.82. The van der Waals surface area contributed by atoms with E-state index >= 15 is 0 Å². The molecule has 0 amide bonds. The predicted molar refractivity (Wildman–Crippen MR) is 79.9 cm³/mol. The first-order chi connectivity index (χ1) is 9.55. The van der Waals surface area contributed by atoms with E-state index in [9.17, 15) is 4.39 Å². The molecule has 1 aromatic carbocycles. The van der Waals surface area contributed by atoms with Crippen LogP contribution in [0, 0.1) is 12.7 Å². The van der Waals surface area contributed by atoms with Gasteiger partial charge in [-0.15, -0.1) is 0 Å². The van der Waals surface area contributed by atoms with E-state index in [4.69, 9.17) is 4.74 Å². The Labute approximate surface area is 125 Å². The highest BCUT2D eigenvalue weighted by molar-refractivity contribution is 9.10. The van der Waals surface area contributed by atoms with E-state index in [1.807, 2.05) is 13.8 Å². The zero-order chi connectivity index (χ0) is 14.7. The van der Waals surface area contributed by atoms with Crippen molar-refractivity contribution >= 4 is 21.7 Å². The maximum atomic E-state index is 13.5. The van der Waals surface area contributed by atoms with Crippen LogP contribution in [0.5, 0.6) is 11.6 Å². The van der Waals surface area contributed by atoms with Gasteiger partial charge >= 0.3 is 0 Å². The molecule has 0 aliphatic carbocycles. The average molecular weight is 340 g/mol. The summed E-state index contributed by atoms with van der Waals surface area (Å²) in [5.74, 6) is 1.84. The van der Waals surface area contributed by atoms with E-state index in [2.05, 4.69) is 31.2 Å². The van der Waals surface area contributed by atoms with Gasteiger partial charge in [-0.1, -0.05) is 6.92 Å². The number of aromatic nitrogens is 2. The van der Waals surface area contributed by atoms with Crippen molar-refractivity contribution in [1.82, 2.24) is 9.97 Å². The second-order valence-electron chi connectivity index (χ2n) is 4.20. The molecule has 0 aliphatic rings. The Balaban J connectivity index is 2.39. The van der Waals surface area contributed by atoms with Crippen molar-refractivity contribution in [1.29, 1.82) is 0 Å². The van der Waals surface area contributed by atoms with Gasteiger partial charge in [0, 0.05) is 19.5 Å². The number of rotatable bonds is 4. The molecular formula is C14H15BrFN3O. The van der Waals surface area contributed by atoms with E-state index < -0.39 is 0 Å². The topological polar surface area (TPSA) is 47.0 Å². The SMILES string of the molecule is CCc1nc(NC)c(C)c(Oc2ccc(Br)c(F)c2)n1. The number of benzene rings is 1. The third-order valence-corrected chi connectivity index (χ3v) is 3.45. The van der Waals surface area contributed by atoms with Gasteiger partial charge in [-0.05, 0) is 35.0 Å². The predicted octanol–water partition coefficient (Wildman–Crippen LogP) is 4.08. The summed E-state index contributed by atoms with van der Waals surface area (Å²) in [5, 5.41) is 3.00. The first-order valence-electron chi connectivity index (χ1n) is 6.23. The Morgan fingerprint density at radius 3 is 2.70 bits per heavy atom. The summed E-state index contributed by atoms with van der Waals surface area (Å²) in [7, 11) is 1.79. The Kier molecular flexibility index (Phi) is 4.54. The molecule has 0 radical (unpaired) electrons. The van der Waals surface area contributed by atoms with Crippen LogP contribution in [-0.4, -0.2) is 17.0 Å². The van der Waals surface area contributed by atoms with E-state index in [0.717, 1.165) is 5.56 Å². The molecule has 20 heavy (non-hydrogen) atoms. The minimum absolute atomic E-state index is 0.376. The molecule has 0 unspecified atom stereocenters. The fraction of sp³-hybridized carbons (Fsp3) is 0.286. The highest BCUT2D eigenvalue weighted by Gasteiger charge is 2.12. The highest BCUT2D eigenvalue weighted by atomic mass is 79.9. The molecule has 0 spiro atoms. The summed E-state index contributed by atoms with van der Waals surface area (Å²) in [4.78, 5) is 8.70. The lowest BCUT2D eigenvalue weighted by Gasteiger charge is -2.12. The molecule has 0 saturated carbocycles. The molecular weight excluding hydrogens is 325 g/mol. The van der Waals surface area contributed by atoms with Crippen LogP contribution in [0.4, 0.5) is 10.2 Å². The van der Waals surface area contributed by atoms with Gasteiger partial charge in [-0.3, -0.25) is 0 Å². The Hall–Kier alpha value is -1.69. The molecule has 0 bridgehead atoms. The molecule has 0 atom stereocenters. The monoisotopic (exact) mass is 339 g/mol. The zero-order valence-electron chi connectivity index (χ0n) is 11.5. The molecule has 0 aliphatic heterocycles. The zero-order valence-corrected chi connectivity index (χ0v) is 13.1. The smallest absolute Gasteiger partial charge is 0.227 e. The third-order valence-electron chi connectivity index (χ3n) is 2.81. The van der Waals surface area contributed by atoms with Crippen LogP contribution >= 0.6 is 15.9 Å². The summed E-state index contributed by atoms with van der Waals surface area (Å²) in [6, 6.07) is 4.59. The average Bonchev–Trinajstić information content (AvgIpc) is 2.45. The summed E-state index contributed by atoms with van der Waals surface area (Å²) in [6.07, 6.45) is 0.694. The van der Waals surface area contributed by atoms with Crippen LogP contribution in [-0.2, 0) is 6.42 Å². The molecule has 1 N–H and O–H groups in total. The number of nitrogens with one attached hydrogen (secondary N) is 1. The maximum absolute atomic E-state index is 13.5. The van der Waals surface area contributed by atoms with Crippen molar-refractivity contribution in [3.63, 3.8) is 0 Å². The van der Waals surface area contributed by atoms with Crippen LogP contribution in [0.2, 0.25) is 0 Å².